The van der Waals surface area contributed by atoms with Crippen LogP contribution in [0.15, 0.2) is 54.6 Å². The Labute approximate surface area is 203 Å². The maximum absolute atomic E-state index is 13.3. The van der Waals surface area contributed by atoms with Crippen LogP contribution in [0.1, 0.15) is 20.9 Å². The third-order valence-electron chi connectivity index (χ3n) is 6.30. The Kier molecular flexibility index (Phi) is 6.26. The van der Waals surface area contributed by atoms with Crippen LogP contribution in [0.5, 0.6) is 11.5 Å². The highest BCUT2D eigenvalue weighted by molar-refractivity contribution is 7.20. The zero-order valence-electron chi connectivity index (χ0n) is 19.7. The second-order valence-corrected chi connectivity index (χ2v) is 9.44. The molecule has 1 saturated heterocycles. The number of aromatic nitrogens is 2. The van der Waals surface area contributed by atoms with Crippen LogP contribution in [0.4, 0.5) is 0 Å². The van der Waals surface area contributed by atoms with Gasteiger partial charge in [0.05, 0.1) is 30.5 Å². The standard InChI is InChI=1S/C26H28N4O3S/c1-18-22-16-24(34-26(22)30(27-18)20-7-5-4-6-8-20)25(31)29-13-11-28(12-14-29)17-19-15-21(32-2)9-10-23(19)33-3/h4-10,15-16H,11-14,17H2,1-3H3. The third-order valence-corrected chi connectivity index (χ3v) is 7.40. The summed E-state index contributed by atoms with van der Waals surface area (Å²) in [5, 5.41) is 5.73. The molecule has 0 spiro atoms. The van der Waals surface area contributed by atoms with E-state index in [2.05, 4.69) is 10.00 Å². The number of methoxy groups -OCH3 is 2. The molecule has 1 amide bonds. The van der Waals surface area contributed by atoms with Crippen LogP contribution in [-0.2, 0) is 6.54 Å². The van der Waals surface area contributed by atoms with Gasteiger partial charge in [0.2, 0.25) is 0 Å². The summed E-state index contributed by atoms with van der Waals surface area (Å²) in [4.78, 5) is 19.4. The fourth-order valence-corrected chi connectivity index (χ4v) is 5.56. The van der Waals surface area contributed by atoms with Crippen molar-refractivity contribution in [3.8, 4) is 17.2 Å². The molecule has 176 valence electrons. The summed E-state index contributed by atoms with van der Waals surface area (Å²) in [5.74, 6) is 1.77. The van der Waals surface area contributed by atoms with Crippen LogP contribution in [0, 0.1) is 6.92 Å². The van der Waals surface area contributed by atoms with Gasteiger partial charge in [0.1, 0.15) is 16.3 Å². The molecule has 2 aromatic heterocycles. The van der Waals surface area contributed by atoms with E-state index in [1.165, 1.54) is 11.3 Å². The van der Waals surface area contributed by atoms with E-state index in [-0.39, 0.29) is 5.91 Å². The number of aryl methyl sites for hydroxylation is 1. The van der Waals surface area contributed by atoms with Crippen molar-refractivity contribution < 1.29 is 14.3 Å². The van der Waals surface area contributed by atoms with Crippen molar-refractivity contribution in [3.63, 3.8) is 0 Å². The Morgan fingerprint density at radius 3 is 2.47 bits per heavy atom. The lowest BCUT2D eigenvalue weighted by Crippen LogP contribution is -2.48. The zero-order valence-corrected chi connectivity index (χ0v) is 20.5. The average molecular weight is 477 g/mol. The molecule has 2 aromatic carbocycles. The third kappa shape index (κ3) is 4.26. The minimum atomic E-state index is 0.0961. The second kappa shape index (κ2) is 9.48. The Balaban J connectivity index is 1.28. The number of nitrogens with zero attached hydrogens (tertiary/aromatic N) is 4. The summed E-state index contributed by atoms with van der Waals surface area (Å²) in [6.45, 7) is 5.78. The largest absolute Gasteiger partial charge is 0.497 e. The normalized spacial score (nSPS) is 14.5. The lowest BCUT2D eigenvalue weighted by atomic mass is 10.1. The molecule has 3 heterocycles. The van der Waals surface area contributed by atoms with Gasteiger partial charge in [-0.25, -0.2) is 4.68 Å². The van der Waals surface area contributed by atoms with E-state index >= 15 is 0 Å². The first-order valence-corrected chi connectivity index (χ1v) is 12.2. The minimum Gasteiger partial charge on any atom is -0.497 e. The van der Waals surface area contributed by atoms with E-state index in [0.29, 0.717) is 13.1 Å². The highest BCUT2D eigenvalue weighted by atomic mass is 32.1. The van der Waals surface area contributed by atoms with E-state index in [4.69, 9.17) is 9.47 Å². The fourth-order valence-electron chi connectivity index (χ4n) is 4.41. The van der Waals surface area contributed by atoms with E-state index in [0.717, 1.165) is 63.2 Å². The molecule has 0 unspecified atom stereocenters. The Morgan fingerprint density at radius 2 is 1.76 bits per heavy atom. The number of rotatable bonds is 6. The highest BCUT2D eigenvalue weighted by Crippen LogP contribution is 2.31. The molecule has 1 aliphatic heterocycles. The second-order valence-electron chi connectivity index (χ2n) is 8.41. The first-order valence-electron chi connectivity index (χ1n) is 11.3. The van der Waals surface area contributed by atoms with Crippen LogP contribution < -0.4 is 9.47 Å². The van der Waals surface area contributed by atoms with Crippen molar-refractivity contribution in [1.29, 1.82) is 0 Å². The molecular formula is C26H28N4O3S. The topological polar surface area (TPSA) is 59.8 Å². The number of carbonyl (C=O) groups is 1. The zero-order chi connectivity index (χ0) is 23.7. The van der Waals surface area contributed by atoms with Crippen LogP contribution in [-0.4, -0.2) is 65.9 Å². The Bertz CT molecular complexity index is 1310. The van der Waals surface area contributed by atoms with Gasteiger partial charge in [-0.05, 0) is 43.3 Å². The van der Waals surface area contributed by atoms with Crippen molar-refractivity contribution in [1.82, 2.24) is 19.6 Å². The average Bonchev–Trinajstić information content (AvgIpc) is 3.45. The highest BCUT2D eigenvalue weighted by Gasteiger charge is 2.25. The van der Waals surface area contributed by atoms with E-state index in [1.54, 1.807) is 14.2 Å². The maximum Gasteiger partial charge on any atom is 0.264 e. The first kappa shape index (κ1) is 22.4. The Hall–Kier alpha value is -3.36. The molecule has 7 nitrogen and oxygen atoms in total. The maximum atomic E-state index is 13.3. The summed E-state index contributed by atoms with van der Waals surface area (Å²) in [7, 11) is 3.36. The predicted molar refractivity (Wildman–Crippen MR) is 134 cm³/mol. The van der Waals surface area contributed by atoms with E-state index in [9.17, 15) is 4.79 Å². The minimum absolute atomic E-state index is 0.0961. The number of fused-ring (bicyclic) bond motifs is 1. The molecule has 5 rings (SSSR count). The molecular weight excluding hydrogens is 448 g/mol. The molecule has 4 aromatic rings. The molecule has 1 aliphatic rings. The summed E-state index contributed by atoms with van der Waals surface area (Å²) >= 11 is 1.52. The molecule has 0 N–H and O–H groups in total. The molecule has 8 heteroatoms. The van der Waals surface area contributed by atoms with Crippen molar-refractivity contribution in [3.05, 3.63) is 70.7 Å². The van der Waals surface area contributed by atoms with Crippen LogP contribution in [0.25, 0.3) is 15.9 Å². The Morgan fingerprint density at radius 1 is 1.00 bits per heavy atom. The summed E-state index contributed by atoms with van der Waals surface area (Å²) < 4.78 is 12.8. The van der Waals surface area contributed by atoms with Gasteiger partial charge in [-0.3, -0.25) is 9.69 Å². The SMILES string of the molecule is COc1ccc(OC)c(CN2CCN(C(=O)c3cc4c(C)nn(-c5ccccc5)c4s3)CC2)c1. The van der Waals surface area contributed by atoms with Crippen molar-refractivity contribution >= 4 is 27.5 Å². The van der Waals surface area contributed by atoms with Crippen molar-refractivity contribution in [2.45, 2.75) is 13.5 Å². The van der Waals surface area contributed by atoms with Gasteiger partial charge in [-0.1, -0.05) is 18.2 Å². The molecule has 1 fully saturated rings. The van der Waals surface area contributed by atoms with E-state index < -0.39 is 0 Å². The van der Waals surface area contributed by atoms with Gasteiger partial charge in [0.25, 0.3) is 5.91 Å². The monoisotopic (exact) mass is 476 g/mol. The van der Waals surface area contributed by atoms with Gasteiger partial charge < -0.3 is 14.4 Å². The van der Waals surface area contributed by atoms with Gasteiger partial charge in [0, 0.05) is 43.7 Å². The number of para-hydroxylation sites is 1. The number of amides is 1. The summed E-state index contributed by atoms with van der Waals surface area (Å²) in [5.41, 5.74) is 3.03. The number of benzene rings is 2. The number of hydrogen-bond donors (Lipinski definition) is 0. The van der Waals surface area contributed by atoms with Crippen LogP contribution in [0.2, 0.25) is 0 Å². The number of hydrogen-bond acceptors (Lipinski definition) is 6. The van der Waals surface area contributed by atoms with E-state index in [1.807, 2.05) is 71.1 Å². The van der Waals surface area contributed by atoms with Gasteiger partial charge in [-0.15, -0.1) is 11.3 Å². The lowest BCUT2D eigenvalue weighted by molar-refractivity contribution is 0.0632. The number of carbonyl (C=O) groups excluding carboxylic acids is 1. The fraction of sp³-hybridized carbons (Fsp3) is 0.308. The van der Waals surface area contributed by atoms with Gasteiger partial charge in [0.15, 0.2) is 0 Å². The molecule has 0 radical (unpaired) electrons. The smallest absolute Gasteiger partial charge is 0.264 e. The van der Waals surface area contributed by atoms with Gasteiger partial charge in [-0.2, -0.15) is 5.10 Å². The molecule has 0 aliphatic carbocycles. The van der Waals surface area contributed by atoms with Gasteiger partial charge >= 0.3 is 0 Å². The lowest BCUT2D eigenvalue weighted by Gasteiger charge is -2.34. The van der Waals surface area contributed by atoms with Crippen LogP contribution in [0.3, 0.4) is 0 Å². The summed E-state index contributed by atoms with van der Waals surface area (Å²) in [6, 6.07) is 17.9. The number of piperazine rings is 1. The first-order chi connectivity index (χ1) is 16.6. The number of ether oxygens (including phenoxy) is 2. The van der Waals surface area contributed by atoms with Crippen molar-refractivity contribution in [2.75, 3.05) is 40.4 Å². The molecule has 34 heavy (non-hydrogen) atoms. The number of thiophene rings is 1. The molecule has 0 atom stereocenters. The van der Waals surface area contributed by atoms with Crippen LogP contribution >= 0.6 is 11.3 Å². The summed E-state index contributed by atoms with van der Waals surface area (Å²) in [6.07, 6.45) is 0. The van der Waals surface area contributed by atoms with Crippen molar-refractivity contribution in [2.24, 2.45) is 0 Å². The molecule has 0 saturated carbocycles. The predicted octanol–water partition coefficient (Wildman–Crippen LogP) is 4.37. The quantitative estimate of drug-likeness (QED) is 0.414. The molecule has 0 bridgehead atoms.